The zero-order valence-electron chi connectivity index (χ0n) is 17.0. The average molecular weight is 532 g/mol. The molecule has 152 valence electrons. The molecule has 0 saturated heterocycles. The Labute approximate surface area is 198 Å². The van der Waals surface area contributed by atoms with Crippen molar-refractivity contribution in [3.8, 4) is 0 Å². The number of anilines is 2. The van der Waals surface area contributed by atoms with E-state index in [1.165, 1.54) is 44.1 Å². The Morgan fingerprint density at radius 3 is 1.81 bits per heavy atom. The molecule has 3 aliphatic heterocycles. The number of nitrogens with zero attached hydrogens (tertiary/aromatic N) is 2. The SMILES string of the molecule is CC1CN2C=CC(c3ccccc3)=c3c(Br)c(Br)c4c(c32)N1C=CC=4c1ccccc1. The molecule has 6 rings (SSSR count). The molecule has 0 bridgehead atoms. The van der Waals surface area contributed by atoms with E-state index in [0.717, 1.165) is 15.5 Å². The third kappa shape index (κ3) is 2.81. The summed E-state index contributed by atoms with van der Waals surface area (Å²) in [6.45, 7) is 3.25. The van der Waals surface area contributed by atoms with E-state index in [1.54, 1.807) is 0 Å². The number of halogens is 2. The van der Waals surface area contributed by atoms with Gasteiger partial charge in [0.1, 0.15) is 0 Å². The van der Waals surface area contributed by atoms with E-state index >= 15 is 0 Å². The quantitative estimate of drug-likeness (QED) is 0.420. The fourth-order valence-electron chi connectivity index (χ4n) is 4.93. The van der Waals surface area contributed by atoms with Gasteiger partial charge >= 0.3 is 0 Å². The van der Waals surface area contributed by atoms with Crippen LogP contribution < -0.4 is 20.2 Å². The number of allylic oxidation sites excluding steroid dienone is 2. The van der Waals surface area contributed by atoms with Gasteiger partial charge in [-0.3, -0.25) is 0 Å². The van der Waals surface area contributed by atoms with E-state index < -0.39 is 0 Å². The third-order valence-corrected chi connectivity index (χ3v) is 8.46. The minimum Gasteiger partial charge on any atom is -0.344 e. The van der Waals surface area contributed by atoms with Gasteiger partial charge in [-0.05, 0) is 73.2 Å². The van der Waals surface area contributed by atoms with Crippen molar-refractivity contribution in [2.75, 3.05) is 16.3 Å². The Morgan fingerprint density at radius 2 is 1.23 bits per heavy atom. The second kappa shape index (κ2) is 7.25. The highest BCUT2D eigenvalue weighted by Gasteiger charge is 2.34. The lowest BCUT2D eigenvalue weighted by molar-refractivity contribution is 0.671. The normalized spacial score (nSPS) is 18.5. The minimum atomic E-state index is 0.378. The van der Waals surface area contributed by atoms with E-state index in [0.29, 0.717) is 6.04 Å². The van der Waals surface area contributed by atoms with E-state index in [4.69, 9.17) is 0 Å². The van der Waals surface area contributed by atoms with E-state index in [9.17, 15) is 0 Å². The Balaban J connectivity index is 1.82. The Hall–Kier alpha value is -2.56. The lowest BCUT2D eigenvalue weighted by Gasteiger charge is -2.44. The van der Waals surface area contributed by atoms with Gasteiger partial charge in [-0.1, -0.05) is 60.7 Å². The summed E-state index contributed by atoms with van der Waals surface area (Å²) in [5, 5.41) is 2.50. The van der Waals surface area contributed by atoms with Crippen LogP contribution in [-0.4, -0.2) is 12.6 Å². The van der Waals surface area contributed by atoms with Crippen LogP contribution in [0.4, 0.5) is 11.4 Å². The molecule has 3 aromatic carbocycles. The van der Waals surface area contributed by atoms with Crippen molar-refractivity contribution in [2.45, 2.75) is 13.0 Å². The molecule has 3 aromatic rings. The highest BCUT2D eigenvalue weighted by molar-refractivity contribution is 9.13. The molecular formula is C27H20Br2N2. The van der Waals surface area contributed by atoms with Crippen LogP contribution in [0.1, 0.15) is 18.1 Å². The highest BCUT2D eigenvalue weighted by atomic mass is 79.9. The van der Waals surface area contributed by atoms with Gasteiger partial charge in [0.15, 0.2) is 0 Å². The predicted molar refractivity (Wildman–Crippen MR) is 137 cm³/mol. The molecule has 0 spiro atoms. The molecule has 1 atom stereocenters. The Morgan fingerprint density at radius 1 is 0.710 bits per heavy atom. The van der Waals surface area contributed by atoms with Crippen LogP contribution in [0.15, 0.2) is 94.2 Å². The number of benzene rings is 3. The van der Waals surface area contributed by atoms with Crippen molar-refractivity contribution < 1.29 is 0 Å². The fourth-order valence-corrected chi connectivity index (χ4v) is 6.13. The summed E-state index contributed by atoms with van der Waals surface area (Å²) in [5.74, 6) is 0. The van der Waals surface area contributed by atoms with E-state index in [2.05, 4.69) is 134 Å². The standard InChI is InChI=1S/C27H20Br2N2/c1-17-16-30-14-12-20(18-8-4-2-5-9-18)22-24(28)25(29)23-21(19-10-6-3-7-11-19)13-15-31(17)27(23)26(22)30/h2-15,17H,16H2,1H3. The highest BCUT2D eigenvalue weighted by Crippen LogP contribution is 2.40. The van der Waals surface area contributed by atoms with Crippen LogP contribution in [0, 0.1) is 0 Å². The summed E-state index contributed by atoms with van der Waals surface area (Å²) in [6.07, 6.45) is 9.02. The summed E-state index contributed by atoms with van der Waals surface area (Å²) >= 11 is 7.98. The molecule has 2 nitrogen and oxygen atoms in total. The van der Waals surface area contributed by atoms with Crippen molar-refractivity contribution in [1.29, 1.82) is 0 Å². The summed E-state index contributed by atoms with van der Waals surface area (Å²) in [7, 11) is 0. The molecular weight excluding hydrogens is 512 g/mol. The fraction of sp³-hybridized carbons (Fsp3) is 0.111. The summed E-state index contributed by atoms with van der Waals surface area (Å²) in [5.41, 5.74) is 7.50. The maximum Gasteiger partial charge on any atom is 0.0749 e. The topological polar surface area (TPSA) is 6.48 Å². The van der Waals surface area contributed by atoms with Crippen LogP contribution in [-0.2, 0) is 0 Å². The van der Waals surface area contributed by atoms with Crippen molar-refractivity contribution >= 4 is 54.4 Å². The van der Waals surface area contributed by atoms with Crippen molar-refractivity contribution in [2.24, 2.45) is 0 Å². The van der Waals surface area contributed by atoms with E-state index in [-0.39, 0.29) is 0 Å². The largest absolute Gasteiger partial charge is 0.344 e. The van der Waals surface area contributed by atoms with Gasteiger partial charge in [-0.25, -0.2) is 0 Å². The van der Waals surface area contributed by atoms with Crippen LogP contribution in [0.25, 0.3) is 11.1 Å². The minimum absolute atomic E-state index is 0.378. The predicted octanol–water partition coefficient (Wildman–Crippen LogP) is 5.68. The lowest BCUT2D eigenvalue weighted by Crippen LogP contribution is -2.50. The second-order valence-electron chi connectivity index (χ2n) is 8.17. The first-order valence-corrected chi connectivity index (χ1v) is 12.1. The van der Waals surface area contributed by atoms with Gasteiger partial charge in [-0.15, -0.1) is 0 Å². The van der Waals surface area contributed by atoms with E-state index in [1.807, 2.05) is 0 Å². The summed E-state index contributed by atoms with van der Waals surface area (Å²) in [6, 6.07) is 21.7. The van der Waals surface area contributed by atoms with Gasteiger partial charge in [-0.2, -0.15) is 0 Å². The second-order valence-corrected chi connectivity index (χ2v) is 9.76. The molecule has 3 aliphatic rings. The average Bonchev–Trinajstić information content (AvgIpc) is 2.82. The zero-order chi connectivity index (χ0) is 21.1. The molecule has 0 fully saturated rings. The molecule has 4 heteroatoms. The van der Waals surface area contributed by atoms with Crippen molar-refractivity contribution in [3.63, 3.8) is 0 Å². The summed E-state index contributed by atoms with van der Waals surface area (Å²) in [4.78, 5) is 4.86. The first-order chi connectivity index (χ1) is 15.1. The van der Waals surface area contributed by atoms with Gasteiger partial charge < -0.3 is 9.80 Å². The van der Waals surface area contributed by atoms with Crippen LogP contribution >= 0.6 is 31.9 Å². The molecule has 0 amide bonds. The summed E-state index contributed by atoms with van der Waals surface area (Å²) < 4.78 is 2.21. The maximum absolute atomic E-state index is 3.99. The van der Waals surface area contributed by atoms with Crippen LogP contribution in [0.2, 0.25) is 0 Å². The zero-order valence-corrected chi connectivity index (χ0v) is 20.2. The molecule has 0 saturated carbocycles. The smallest absolute Gasteiger partial charge is 0.0749 e. The molecule has 0 N–H and O–H groups in total. The maximum atomic E-state index is 3.99. The first kappa shape index (κ1) is 19.1. The third-order valence-electron chi connectivity index (χ3n) is 6.34. The molecule has 3 heterocycles. The molecule has 31 heavy (non-hydrogen) atoms. The van der Waals surface area contributed by atoms with Crippen molar-refractivity contribution in [1.82, 2.24) is 0 Å². The van der Waals surface area contributed by atoms with Crippen LogP contribution in [0.3, 0.4) is 0 Å². The molecule has 0 aromatic heterocycles. The Bertz CT molecular complexity index is 1390. The number of hydrogen-bond donors (Lipinski definition) is 0. The number of hydrogen-bond acceptors (Lipinski definition) is 2. The van der Waals surface area contributed by atoms with Gasteiger partial charge in [0.2, 0.25) is 0 Å². The molecule has 0 radical (unpaired) electrons. The molecule has 0 aliphatic carbocycles. The first-order valence-electron chi connectivity index (χ1n) is 10.5. The van der Waals surface area contributed by atoms with Gasteiger partial charge in [0.05, 0.1) is 11.4 Å². The lowest BCUT2D eigenvalue weighted by atomic mass is 9.91. The van der Waals surface area contributed by atoms with Gasteiger partial charge in [0.25, 0.3) is 0 Å². The van der Waals surface area contributed by atoms with Crippen molar-refractivity contribution in [3.05, 3.63) is 116 Å². The van der Waals surface area contributed by atoms with Gasteiger partial charge in [0, 0.05) is 44.4 Å². The number of rotatable bonds is 2. The Kier molecular flexibility index (Phi) is 4.48. The molecule has 1 unspecified atom stereocenters. The van der Waals surface area contributed by atoms with Crippen LogP contribution in [0.5, 0.6) is 0 Å². The monoisotopic (exact) mass is 530 g/mol.